The number of nitrogens with one attached hydrogen (secondary N) is 2. The van der Waals surface area contributed by atoms with Gasteiger partial charge in [-0.15, -0.1) is 0 Å². The number of carbonyl (C=O) groups excluding carboxylic acids is 2. The van der Waals surface area contributed by atoms with E-state index in [0.717, 1.165) is 16.8 Å². The van der Waals surface area contributed by atoms with Crippen molar-refractivity contribution in [3.05, 3.63) is 64.7 Å². The van der Waals surface area contributed by atoms with Gasteiger partial charge in [0.25, 0.3) is 5.91 Å². The Morgan fingerprint density at radius 3 is 2.48 bits per heavy atom. The van der Waals surface area contributed by atoms with Crippen LogP contribution in [0.4, 0.5) is 5.69 Å². The summed E-state index contributed by atoms with van der Waals surface area (Å²) in [5, 5.41) is 14.3. The van der Waals surface area contributed by atoms with Crippen molar-refractivity contribution in [1.29, 1.82) is 0 Å². The molecule has 2 aromatic rings. The Morgan fingerprint density at radius 2 is 1.78 bits per heavy atom. The van der Waals surface area contributed by atoms with Crippen LogP contribution >= 0.6 is 0 Å². The Labute approximate surface area is 132 Å². The van der Waals surface area contributed by atoms with E-state index in [0.29, 0.717) is 12.1 Å². The van der Waals surface area contributed by atoms with E-state index < -0.39 is 5.97 Å². The van der Waals surface area contributed by atoms with Crippen LogP contribution in [-0.4, -0.2) is 22.9 Å². The molecule has 6 nitrogen and oxygen atoms in total. The molecule has 2 amide bonds. The molecule has 3 rings (SSSR count). The minimum atomic E-state index is -0.984. The Hall–Kier alpha value is -3.15. The normalized spacial score (nSPS) is 12.4. The molecule has 0 radical (unpaired) electrons. The quantitative estimate of drug-likeness (QED) is 0.802. The first-order chi connectivity index (χ1) is 11.0. The van der Waals surface area contributed by atoms with Crippen LogP contribution in [-0.2, 0) is 17.8 Å². The lowest BCUT2D eigenvalue weighted by Crippen LogP contribution is -2.22. The molecular weight excluding hydrogens is 296 g/mol. The predicted molar refractivity (Wildman–Crippen MR) is 83.3 cm³/mol. The molecule has 0 unspecified atom stereocenters. The number of hydrogen-bond donors (Lipinski definition) is 3. The lowest BCUT2D eigenvalue weighted by atomic mass is 10.1. The minimum absolute atomic E-state index is 0.0731. The van der Waals surface area contributed by atoms with Gasteiger partial charge in [-0.2, -0.15) is 0 Å². The molecule has 1 heterocycles. The van der Waals surface area contributed by atoms with Gasteiger partial charge in [-0.25, -0.2) is 4.79 Å². The van der Waals surface area contributed by atoms with Gasteiger partial charge in [-0.3, -0.25) is 9.59 Å². The number of benzene rings is 2. The van der Waals surface area contributed by atoms with Crippen LogP contribution in [0.3, 0.4) is 0 Å². The highest BCUT2D eigenvalue weighted by Gasteiger charge is 2.19. The van der Waals surface area contributed by atoms with E-state index in [9.17, 15) is 14.4 Å². The predicted octanol–water partition coefficient (Wildman–Crippen LogP) is 1.81. The Bertz CT molecular complexity index is 797. The van der Waals surface area contributed by atoms with Crippen LogP contribution < -0.4 is 10.6 Å². The summed E-state index contributed by atoms with van der Waals surface area (Å²) in [5.41, 5.74) is 3.06. The molecule has 116 valence electrons. The largest absolute Gasteiger partial charge is 0.478 e. The van der Waals surface area contributed by atoms with Crippen LogP contribution in [0.1, 0.15) is 31.8 Å². The van der Waals surface area contributed by atoms with Gasteiger partial charge >= 0.3 is 5.97 Å². The first kappa shape index (κ1) is 14.8. The van der Waals surface area contributed by atoms with Crippen molar-refractivity contribution in [3.8, 4) is 0 Å². The number of aromatic carboxylic acids is 1. The molecule has 0 bridgehead atoms. The molecule has 0 aromatic heterocycles. The number of anilines is 1. The van der Waals surface area contributed by atoms with Crippen molar-refractivity contribution in [1.82, 2.24) is 5.32 Å². The Kier molecular flexibility index (Phi) is 3.80. The van der Waals surface area contributed by atoms with Gasteiger partial charge in [0.15, 0.2) is 0 Å². The van der Waals surface area contributed by atoms with Gasteiger partial charge in [0, 0.05) is 17.8 Å². The molecule has 6 heteroatoms. The van der Waals surface area contributed by atoms with Crippen LogP contribution in [0.2, 0.25) is 0 Å². The maximum Gasteiger partial charge on any atom is 0.335 e. The maximum atomic E-state index is 12.2. The summed E-state index contributed by atoms with van der Waals surface area (Å²) < 4.78 is 0. The molecule has 1 aliphatic rings. The van der Waals surface area contributed by atoms with Gasteiger partial charge in [0.1, 0.15) is 0 Å². The zero-order valence-electron chi connectivity index (χ0n) is 12.1. The van der Waals surface area contributed by atoms with Crippen LogP contribution in [0.15, 0.2) is 42.5 Å². The monoisotopic (exact) mass is 310 g/mol. The van der Waals surface area contributed by atoms with E-state index in [2.05, 4.69) is 10.6 Å². The molecule has 23 heavy (non-hydrogen) atoms. The van der Waals surface area contributed by atoms with Crippen molar-refractivity contribution in [2.75, 3.05) is 5.32 Å². The van der Waals surface area contributed by atoms with Gasteiger partial charge in [0.2, 0.25) is 5.91 Å². The van der Waals surface area contributed by atoms with E-state index in [1.54, 1.807) is 30.3 Å². The van der Waals surface area contributed by atoms with E-state index in [1.807, 2.05) is 0 Å². The molecule has 1 aliphatic heterocycles. The summed E-state index contributed by atoms with van der Waals surface area (Å²) in [6, 6.07) is 11.4. The zero-order chi connectivity index (χ0) is 16.4. The molecule has 0 spiro atoms. The molecule has 0 aliphatic carbocycles. The molecule has 0 saturated heterocycles. The number of carboxylic acid groups (broad SMARTS) is 1. The number of rotatable bonds is 4. The molecule has 3 N–H and O–H groups in total. The lowest BCUT2D eigenvalue weighted by Gasteiger charge is -2.07. The van der Waals surface area contributed by atoms with Crippen LogP contribution in [0, 0.1) is 0 Å². The van der Waals surface area contributed by atoms with Crippen molar-refractivity contribution in [2.45, 2.75) is 13.0 Å². The summed E-state index contributed by atoms with van der Waals surface area (Å²) in [6.07, 6.45) is 0.285. The topological polar surface area (TPSA) is 95.5 Å². The second-order valence-corrected chi connectivity index (χ2v) is 5.28. The third-order valence-electron chi connectivity index (χ3n) is 3.65. The summed E-state index contributed by atoms with van der Waals surface area (Å²) in [6.45, 7) is 0.299. The van der Waals surface area contributed by atoms with Crippen LogP contribution in [0.25, 0.3) is 0 Å². The number of carboxylic acids is 1. The number of amides is 2. The fourth-order valence-electron chi connectivity index (χ4n) is 2.42. The van der Waals surface area contributed by atoms with Crippen molar-refractivity contribution >= 4 is 23.5 Å². The van der Waals surface area contributed by atoms with E-state index >= 15 is 0 Å². The minimum Gasteiger partial charge on any atom is -0.478 e. The first-order valence-electron chi connectivity index (χ1n) is 7.06. The summed E-state index contributed by atoms with van der Waals surface area (Å²) >= 11 is 0. The van der Waals surface area contributed by atoms with Crippen molar-refractivity contribution in [2.24, 2.45) is 0 Å². The second kappa shape index (κ2) is 5.92. The average Bonchev–Trinajstić information content (AvgIpc) is 2.92. The van der Waals surface area contributed by atoms with Crippen molar-refractivity contribution in [3.63, 3.8) is 0 Å². The average molecular weight is 310 g/mol. The van der Waals surface area contributed by atoms with Gasteiger partial charge in [-0.1, -0.05) is 12.1 Å². The maximum absolute atomic E-state index is 12.2. The van der Waals surface area contributed by atoms with E-state index in [4.69, 9.17) is 5.11 Å². The Morgan fingerprint density at radius 1 is 1.09 bits per heavy atom. The first-order valence-corrected chi connectivity index (χ1v) is 7.06. The number of fused-ring (bicyclic) bond motifs is 1. The highest BCUT2D eigenvalue weighted by Crippen LogP contribution is 2.23. The van der Waals surface area contributed by atoms with Gasteiger partial charge < -0.3 is 15.7 Å². The highest BCUT2D eigenvalue weighted by atomic mass is 16.4. The molecular formula is C17H14N2O4. The second-order valence-electron chi connectivity index (χ2n) is 5.28. The van der Waals surface area contributed by atoms with E-state index in [1.165, 1.54) is 12.1 Å². The van der Waals surface area contributed by atoms with Gasteiger partial charge in [-0.05, 0) is 41.5 Å². The smallest absolute Gasteiger partial charge is 0.335 e. The van der Waals surface area contributed by atoms with E-state index in [-0.39, 0.29) is 23.8 Å². The lowest BCUT2D eigenvalue weighted by molar-refractivity contribution is -0.115. The Balaban J connectivity index is 1.64. The third-order valence-corrected chi connectivity index (χ3v) is 3.65. The molecule has 0 atom stereocenters. The fraction of sp³-hybridized carbons (Fsp3) is 0.118. The standard InChI is InChI=1S/C17H14N2O4/c20-15-8-13-7-12(5-6-14(13)19-15)16(21)18-9-10-1-3-11(4-2-10)17(22)23/h1-7H,8-9H2,(H,18,21)(H,19,20)(H,22,23). The van der Waals surface area contributed by atoms with Crippen LogP contribution in [0.5, 0.6) is 0 Å². The molecule has 0 saturated carbocycles. The number of carbonyl (C=O) groups is 3. The fourth-order valence-corrected chi connectivity index (χ4v) is 2.42. The number of hydrogen-bond acceptors (Lipinski definition) is 3. The summed E-state index contributed by atoms with van der Waals surface area (Å²) in [4.78, 5) is 34.3. The molecule has 0 fully saturated rings. The summed E-state index contributed by atoms with van der Waals surface area (Å²) in [7, 11) is 0. The van der Waals surface area contributed by atoms with Gasteiger partial charge in [0.05, 0.1) is 12.0 Å². The highest BCUT2D eigenvalue weighted by molar-refractivity contribution is 6.01. The van der Waals surface area contributed by atoms with Crippen molar-refractivity contribution < 1.29 is 19.5 Å². The summed E-state index contributed by atoms with van der Waals surface area (Å²) in [5.74, 6) is -1.30. The zero-order valence-corrected chi connectivity index (χ0v) is 12.1. The SMILES string of the molecule is O=C1Cc2cc(C(=O)NCc3ccc(C(=O)O)cc3)ccc2N1. The third kappa shape index (κ3) is 3.21. The molecule has 2 aromatic carbocycles.